The number of carbonyl (C=O) groups is 1. The maximum atomic E-state index is 12.1. The molecule has 6 heteroatoms. The van der Waals surface area contributed by atoms with Gasteiger partial charge in [0, 0.05) is 24.9 Å². The van der Waals surface area contributed by atoms with Crippen molar-refractivity contribution >= 4 is 11.6 Å². The Morgan fingerprint density at radius 3 is 2.86 bits per heavy atom. The van der Waals surface area contributed by atoms with Crippen LogP contribution >= 0.6 is 0 Å². The van der Waals surface area contributed by atoms with Crippen LogP contribution in [0.2, 0.25) is 0 Å². The summed E-state index contributed by atoms with van der Waals surface area (Å²) in [5.41, 5.74) is 2.60. The maximum absolute atomic E-state index is 12.1. The summed E-state index contributed by atoms with van der Waals surface area (Å²) < 4.78 is 1.47. The number of carbonyl (C=O) groups excluding carboxylic acids is 1. The topological polar surface area (TPSA) is 80.0 Å². The van der Waals surface area contributed by atoms with Crippen molar-refractivity contribution in [3.8, 4) is 0 Å². The zero-order valence-corrected chi connectivity index (χ0v) is 12.3. The Morgan fingerprint density at radius 1 is 1.38 bits per heavy atom. The zero-order valence-electron chi connectivity index (χ0n) is 12.3. The standard InChI is InChI=1S/C15H20N4O2/c1-11(2)13-5-3-4-6-14(13)16-15(21)10-19-9-12(7-8-20)17-18-19/h3-6,9,11,20H,7-8,10H2,1-2H3,(H,16,21). The molecule has 2 aromatic rings. The van der Waals surface area contributed by atoms with E-state index in [-0.39, 0.29) is 19.1 Å². The molecule has 0 unspecified atom stereocenters. The van der Waals surface area contributed by atoms with Crippen molar-refractivity contribution in [3.05, 3.63) is 41.7 Å². The van der Waals surface area contributed by atoms with Gasteiger partial charge in [0.15, 0.2) is 0 Å². The number of rotatable bonds is 6. The van der Waals surface area contributed by atoms with Gasteiger partial charge in [-0.05, 0) is 17.5 Å². The predicted octanol–water partition coefficient (Wildman–Crippen LogP) is 1.57. The van der Waals surface area contributed by atoms with E-state index in [1.54, 1.807) is 6.20 Å². The van der Waals surface area contributed by atoms with Crippen LogP contribution in [0, 0.1) is 0 Å². The van der Waals surface area contributed by atoms with Gasteiger partial charge < -0.3 is 10.4 Å². The molecule has 0 atom stereocenters. The van der Waals surface area contributed by atoms with E-state index in [1.807, 2.05) is 24.3 Å². The molecule has 1 amide bonds. The Labute approximate surface area is 123 Å². The Balaban J connectivity index is 2.01. The molecule has 1 aromatic heterocycles. The molecular weight excluding hydrogens is 268 g/mol. The second-order valence-corrected chi connectivity index (χ2v) is 5.17. The molecule has 0 aliphatic heterocycles. The summed E-state index contributed by atoms with van der Waals surface area (Å²) in [5, 5.41) is 19.5. The molecule has 0 bridgehead atoms. The summed E-state index contributed by atoms with van der Waals surface area (Å²) in [7, 11) is 0. The van der Waals surface area contributed by atoms with Crippen LogP contribution < -0.4 is 5.32 Å². The summed E-state index contributed by atoms with van der Waals surface area (Å²) in [5.74, 6) is 0.188. The fourth-order valence-electron chi connectivity index (χ4n) is 2.10. The lowest BCUT2D eigenvalue weighted by atomic mass is 10.0. The molecule has 0 fully saturated rings. The fraction of sp³-hybridized carbons (Fsp3) is 0.400. The van der Waals surface area contributed by atoms with Crippen LogP contribution in [0.25, 0.3) is 0 Å². The zero-order chi connectivity index (χ0) is 15.2. The first-order valence-electron chi connectivity index (χ1n) is 6.98. The van der Waals surface area contributed by atoms with Crippen LogP contribution in [0.5, 0.6) is 0 Å². The number of nitrogens with one attached hydrogen (secondary N) is 1. The Kier molecular flexibility index (Phi) is 5.05. The molecular formula is C15H20N4O2. The third-order valence-corrected chi connectivity index (χ3v) is 3.12. The molecule has 0 aliphatic rings. The number of hydrogen-bond donors (Lipinski definition) is 2. The highest BCUT2D eigenvalue weighted by Crippen LogP contribution is 2.23. The van der Waals surface area contributed by atoms with Crippen LogP contribution in [0.15, 0.2) is 30.5 Å². The molecule has 0 saturated heterocycles. The number of aliphatic hydroxyl groups excluding tert-OH is 1. The third kappa shape index (κ3) is 4.13. The van der Waals surface area contributed by atoms with Crippen molar-refractivity contribution in [1.82, 2.24) is 15.0 Å². The van der Waals surface area contributed by atoms with E-state index in [4.69, 9.17) is 5.11 Å². The molecule has 0 spiro atoms. The van der Waals surface area contributed by atoms with Crippen LogP contribution in [-0.4, -0.2) is 32.6 Å². The molecule has 2 N–H and O–H groups in total. The molecule has 2 rings (SSSR count). The average molecular weight is 288 g/mol. The number of hydrogen-bond acceptors (Lipinski definition) is 4. The highest BCUT2D eigenvalue weighted by Gasteiger charge is 2.10. The van der Waals surface area contributed by atoms with Gasteiger partial charge in [0.25, 0.3) is 0 Å². The van der Waals surface area contributed by atoms with E-state index in [0.29, 0.717) is 18.0 Å². The lowest BCUT2D eigenvalue weighted by molar-refractivity contribution is -0.116. The molecule has 21 heavy (non-hydrogen) atoms. The number of aromatic nitrogens is 3. The normalized spacial score (nSPS) is 10.9. The third-order valence-electron chi connectivity index (χ3n) is 3.12. The predicted molar refractivity (Wildman–Crippen MR) is 80.0 cm³/mol. The summed E-state index contributed by atoms with van der Waals surface area (Å²) >= 11 is 0. The second kappa shape index (κ2) is 6.99. The summed E-state index contributed by atoms with van der Waals surface area (Å²) in [6, 6.07) is 7.76. The van der Waals surface area contributed by atoms with Crippen molar-refractivity contribution in [2.45, 2.75) is 32.7 Å². The minimum absolute atomic E-state index is 0.0205. The first-order chi connectivity index (χ1) is 10.1. The van der Waals surface area contributed by atoms with E-state index < -0.39 is 0 Å². The largest absolute Gasteiger partial charge is 0.396 e. The smallest absolute Gasteiger partial charge is 0.246 e. The van der Waals surface area contributed by atoms with E-state index in [1.165, 1.54) is 4.68 Å². The highest BCUT2D eigenvalue weighted by molar-refractivity contribution is 5.91. The number of benzene rings is 1. The molecule has 0 radical (unpaired) electrons. The van der Waals surface area contributed by atoms with Crippen LogP contribution in [0.1, 0.15) is 31.0 Å². The van der Waals surface area contributed by atoms with Crippen molar-refractivity contribution in [2.75, 3.05) is 11.9 Å². The average Bonchev–Trinajstić information content (AvgIpc) is 2.86. The second-order valence-electron chi connectivity index (χ2n) is 5.17. The van der Waals surface area contributed by atoms with E-state index in [0.717, 1.165) is 11.3 Å². The van der Waals surface area contributed by atoms with E-state index in [9.17, 15) is 4.79 Å². The molecule has 0 aliphatic carbocycles. The number of para-hydroxylation sites is 1. The summed E-state index contributed by atoms with van der Waals surface area (Å²) in [6.07, 6.45) is 2.11. The molecule has 112 valence electrons. The minimum atomic E-state index is -0.149. The fourth-order valence-corrected chi connectivity index (χ4v) is 2.10. The van der Waals surface area contributed by atoms with Gasteiger partial charge in [-0.1, -0.05) is 37.3 Å². The first kappa shape index (κ1) is 15.2. The van der Waals surface area contributed by atoms with Gasteiger partial charge in [0.1, 0.15) is 6.54 Å². The number of nitrogens with zero attached hydrogens (tertiary/aromatic N) is 3. The van der Waals surface area contributed by atoms with Crippen molar-refractivity contribution in [1.29, 1.82) is 0 Å². The Morgan fingerprint density at radius 2 is 2.14 bits per heavy atom. The van der Waals surface area contributed by atoms with Crippen molar-refractivity contribution in [2.24, 2.45) is 0 Å². The molecule has 1 heterocycles. The first-order valence-corrected chi connectivity index (χ1v) is 6.98. The van der Waals surface area contributed by atoms with E-state index in [2.05, 4.69) is 29.5 Å². The van der Waals surface area contributed by atoms with Crippen molar-refractivity contribution in [3.63, 3.8) is 0 Å². The van der Waals surface area contributed by atoms with Gasteiger partial charge >= 0.3 is 0 Å². The quantitative estimate of drug-likeness (QED) is 0.845. The van der Waals surface area contributed by atoms with E-state index >= 15 is 0 Å². The number of aliphatic hydroxyl groups is 1. The lowest BCUT2D eigenvalue weighted by Crippen LogP contribution is -2.20. The number of amides is 1. The highest BCUT2D eigenvalue weighted by atomic mass is 16.3. The molecule has 6 nitrogen and oxygen atoms in total. The van der Waals surface area contributed by atoms with Gasteiger partial charge in [-0.15, -0.1) is 5.10 Å². The van der Waals surface area contributed by atoms with Crippen molar-refractivity contribution < 1.29 is 9.90 Å². The lowest BCUT2D eigenvalue weighted by Gasteiger charge is -2.13. The van der Waals surface area contributed by atoms with Crippen LogP contribution in [0.4, 0.5) is 5.69 Å². The molecule has 1 aromatic carbocycles. The monoisotopic (exact) mass is 288 g/mol. The minimum Gasteiger partial charge on any atom is -0.396 e. The Hall–Kier alpha value is -2.21. The molecule has 0 saturated carbocycles. The van der Waals surface area contributed by atoms with Gasteiger partial charge in [-0.2, -0.15) is 0 Å². The van der Waals surface area contributed by atoms with Gasteiger partial charge in [-0.25, -0.2) is 4.68 Å². The maximum Gasteiger partial charge on any atom is 0.246 e. The summed E-state index contributed by atoms with van der Waals surface area (Å²) in [6.45, 7) is 4.30. The van der Waals surface area contributed by atoms with Crippen LogP contribution in [-0.2, 0) is 17.8 Å². The Bertz CT molecular complexity index is 607. The van der Waals surface area contributed by atoms with Gasteiger partial charge in [-0.3, -0.25) is 4.79 Å². The SMILES string of the molecule is CC(C)c1ccccc1NC(=O)Cn1cc(CCO)nn1. The summed E-state index contributed by atoms with van der Waals surface area (Å²) in [4.78, 5) is 12.1. The van der Waals surface area contributed by atoms with Crippen LogP contribution in [0.3, 0.4) is 0 Å². The van der Waals surface area contributed by atoms with Gasteiger partial charge in [0.05, 0.1) is 5.69 Å². The van der Waals surface area contributed by atoms with Gasteiger partial charge in [0.2, 0.25) is 5.91 Å². The number of anilines is 1.